The van der Waals surface area contributed by atoms with E-state index in [0.29, 0.717) is 27.9 Å². The first-order chi connectivity index (χ1) is 16.0. The second kappa shape index (κ2) is 7.76. The molecule has 3 aromatic carbocycles. The van der Waals surface area contributed by atoms with Crippen LogP contribution in [0.25, 0.3) is 28.1 Å². The van der Waals surface area contributed by atoms with Crippen molar-refractivity contribution in [2.24, 2.45) is 4.99 Å². The Kier molecular flexibility index (Phi) is 4.75. The molecule has 0 atom stereocenters. The molecular formula is C25H17N3O5. The third-order valence-electron chi connectivity index (χ3n) is 5.48. The summed E-state index contributed by atoms with van der Waals surface area (Å²) < 4.78 is 5.87. The number of aromatic nitrogens is 2. The second-order valence-corrected chi connectivity index (χ2v) is 7.36. The minimum absolute atomic E-state index is 0.000380. The molecule has 1 aliphatic rings. The number of fused-ring (bicyclic) bond motifs is 2. The van der Waals surface area contributed by atoms with E-state index < -0.39 is 23.1 Å². The number of aromatic hydroxyl groups is 1. The Balaban J connectivity index is 1.78. The van der Waals surface area contributed by atoms with E-state index in [4.69, 9.17) is 4.74 Å². The summed E-state index contributed by atoms with van der Waals surface area (Å²) in [5.41, 5.74) is 0.0645. The van der Waals surface area contributed by atoms with Gasteiger partial charge in [-0.25, -0.2) is 19.1 Å². The van der Waals surface area contributed by atoms with Crippen molar-refractivity contribution in [3.8, 4) is 11.6 Å². The maximum atomic E-state index is 12.7. The summed E-state index contributed by atoms with van der Waals surface area (Å²) in [5.74, 6) is -1.24. The van der Waals surface area contributed by atoms with Crippen LogP contribution >= 0.6 is 0 Å². The number of benzene rings is 3. The molecule has 0 radical (unpaired) electrons. The highest BCUT2D eigenvalue weighted by atomic mass is 16.5. The summed E-state index contributed by atoms with van der Waals surface area (Å²) in [6.45, 7) is 0. The van der Waals surface area contributed by atoms with Crippen LogP contribution in [0.5, 0.6) is 5.88 Å². The van der Waals surface area contributed by atoms with Crippen molar-refractivity contribution < 1.29 is 14.6 Å². The fourth-order valence-corrected chi connectivity index (χ4v) is 3.95. The van der Waals surface area contributed by atoms with Crippen molar-refractivity contribution >= 4 is 39.8 Å². The number of methoxy groups -OCH3 is 1. The molecule has 0 spiro atoms. The summed E-state index contributed by atoms with van der Waals surface area (Å²) in [5, 5.41) is 12.7. The van der Waals surface area contributed by atoms with Gasteiger partial charge in [0.25, 0.3) is 5.56 Å². The van der Waals surface area contributed by atoms with E-state index in [0.717, 1.165) is 9.95 Å². The lowest BCUT2D eigenvalue weighted by molar-refractivity contribution is -0.132. The standard InChI is InChI=1S/C25H17N3O5/c1-33-24(31)21-17(16-10-4-5-11-19(16)26-21)13-18-22(29)27-25(32)28(23(18)30)20-12-6-8-14-7-2-3-9-15(14)20/h2-13,30H,1H3,(H,27,29,32). The van der Waals surface area contributed by atoms with Crippen LogP contribution in [0.15, 0.2) is 81.3 Å². The number of hydrogen-bond donors (Lipinski definition) is 2. The molecule has 8 nitrogen and oxygen atoms in total. The molecule has 5 rings (SSSR count). The maximum absolute atomic E-state index is 12.7. The number of H-pyrrole nitrogens is 1. The van der Waals surface area contributed by atoms with Gasteiger partial charge in [-0.1, -0.05) is 54.6 Å². The molecule has 2 N–H and O–H groups in total. The van der Waals surface area contributed by atoms with E-state index in [-0.39, 0.29) is 11.3 Å². The Morgan fingerprint density at radius 3 is 2.58 bits per heavy atom. The van der Waals surface area contributed by atoms with Gasteiger partial charge in [-0.2, -0.15) is 0 Å². The predicted octanol–water partition coefficient (Wildman–Crippen LogP) is 3.18. The molecule has 8 heteroatoms. The van der Waals surface area contributed by atoms with Crippen LogP contribution in [-0.2, 0) is 9.53 Å². The summed E-state index contributed by atoms with van der Waals surface area (Å²) in [4.78, 5) is 44.4. The Morgan fingerprint density at radius 2 is 1.76 bits per heavy atom. The Morgan fingerprint density at radius 1 is 1.03 bits per heavy atom. The average Bonchev–Trinajstić information content (AvgIpc) is 3.19. The normalized spacial score (nSPS) is 13.7. The van der Waals surface area contributed by atoms with Gasteiger partial charge >= 0.3 is 11.7 Å². The van der Waals surface area contributed by atoms with E-state index in [2.05, 4.69) is 9.98 Å². The molecule has 0 saturated carbocycles. The number of nitrogens with zero attached hydrogens (tertiary/aromatic N) is 2. The molecule has 33 heavy (non-hydrogen) atoms. The highest BCUT2D eigenvalue weighted by Gasteiger charge is 2.28. The molecule has 0 amide bonds. The molecular weight excluding hydrogens is 422 g/mol. The van der Waals surface area contributed by atoms with Crippen LogP contribution in [-0.4, -0.2) is 33.4 Å². The van der Waals surface area contributed by atoms with Crippen LogP contribution in [0.2, 0.25) is 0 Å². The molecule has 1 aliphatic heterocycles. The van der Waals surface area contributed by atoms with Crippen LogP contribution < -0.4 is 11.2 Å². The van der Waals surface area contributed by atoms with Gasteiger partial charge in [-0.15, -0.1) is 0 Å². The quantitative estimate of drug-likeness (QED) is 0.476. The van der Waals surface area contributed by atoms with Gasteiger partial charge in [0.1, 0.15) is 5.56 Å². The highest BCUT2D eigenvalue weighted by Crippen LogP contribution is 2.37. The van der Waals surface area contributed by atoms with Crippen molar-refractivity contribution in [2.75, 3.05) is 7.11 Å². The summed E-state index contributed by atoms with van der Waals surface area (Å²) in [6.07, 6.45) is 1.34. The van der Waals surface area contributed by atoms with Gasteiger partial charge in [0, 0.05) is 16.5 Å². The van der Waals surface area contributed by atoms with Crippen molar-refractivity contribution in [1.82, 2.24) is 9.55 Å². The van der Waals surface area contributed by atoms with Gasteiger partial charge in [0.2, 0.25) is 5.88 Å². The second-order valence-electron chi connectivity index (χ2n) is 7.36. The van der Waals surface area contributed by atoms with E-state index in [1.807, 2.05) is 30.3 Å². The molecule has 4 aromatic rings. The number of esters is 1. The van der Waals surface area contributed by atoms with Crippen molar-refractivity contribution in [2.45, 2.75) is 0 Å². The summed E-state index contributed by atoms with van der Waals surface area (Å²) >= 11 is 0. The first kappa shape index (κ1) is 20.2. The molecule has 2 heterocycles. The third-order valence-corrected chi connectivity index (χ3v) is 5.48. The number of rotatable bonds is 3. The zero-order valence-electron chi connectivity index (χ0n) is 17.4. The first-order valence-corrected chi connectivity index (χ1v) is 10.0. The van der Waals surface area contributed by atoms with Crippen LogP contribution in [0.4, 0.5) is 5.69 Å². The number of ether oxygens (including phenoxy) is 1. The number of carbonyl (C=O) groups excluding carboxylic acids is 1. The van der Waals surface area contributed by atoms with Gasteiger partial charge in [0.05, 0.1) is 18.5 Å². The number of carbonyl (C=O) groups is 1. The zero-order valence-corrected chi connectivity index (χ0v) is 17.4. The lowest BCUT2D eigenvalue weighted by atomic mass is 10.0. The number of aliphatic imine (C=N–C) groups is 1. The lowest BCUT2D eigenvalue weighted by Gasteiger charge is -2.13. The van der Waals surface area contributed by atoms with Gasteiger partial charge < -0.3 is 9.84 Å². The van der Waals surface area contributed by atoms with Crippen molar-refractivity contribution in [3.63, 3.8) is 0 Å². The average molecular weight is 439 g/mol. The minimum atomic E-state index is -0.796. The third kappa shape index (κ3) is 3.25. The Hall–Kier alpha value is -4.72. The summed E-state index contributed by atoms with van der Waals surface area (Å²) in [7, 11) is 1.23. The number of para-hydroxylation sites is 1. The van der Waals surface area contributed by atoms with Crippen LogP contribution in [0.1, 0.15) is 11.1 Å². The maximum Gasteiger partial charge on any atom is 0.357 e. The number of aromatic amines is 1. The van der Waals surface area contributed by atoms with Crippen LogP contribution in [0, 0.1) is 0 Å². The molecule has 1 aromatic heterocycles. The molecule has 0 fully saturated rings. The number of hydrogen-bond acceptors (Lipinski definition) is 6. The highest BCUT2D eigenvalue weighted by molar-refractivity contribution is 6.58. The lowest BCUT2D eigenvalue weighted by Crippen LogP contribution is -2.30. The van der Waals surface area contributed by atoms with Crippen molar-refractivity contribution in [3.05, 3.63) is 98.7 Å². The van der Waals surface area contributed by atoms with Gasteiger partial charge in [0.15, 0.2) is 5.71 Å². The Bertz CT molecular complexity index is 1620. The van der Waals surface area contributed by atoms with Crippen molar-refractivity contribution in [1.29, 1.82) is 0 Å². The smallest absolute Gasteiger partial charge is 0.357 e. The molecule has 162 valence electrons. The van der Waals surface area contributed by atoms with Crippen LogP contribution in [0.3, 0.4) is 0 Å². The minimum Gasteiger partial charge on any atom is -0.494 e. The monoisotopic (exact) mass is 439 g/mol. The number of nitrogens with one attached hydrogen (secondary N) is 1. The van der Waals surface area contributed by atoms with Gasteiger partial charge in [-0.05, 0) is 23.6 Å². The molecule has 0 saturated heterocycles. The topological polar surface area (TPSA) is 114 Å². The molecule has 0 aliphatic carbocycles. The van der Waals surface area contributed by atoms with E-state index in [1.165, 1.54) is 13.2 Å². The SMILES string of the molecule is COC(=O)C1=Nc2ccccc2C1=Cc1c(O)n(-c2cccc3ccccc23)c(=O)[nH]c1=O. The van der Waals surface area contributed by atoms with E-state index in [9.17, 15) is 19.5 Å². The molecule has 0 unspecified atom stereocenters. The van der Waals surface area contributed by atoms with E-state index >= 15 is 0 Å². The predicted molar refractivity (Wildman–Crippen MR) is 125 cm³/mol. The van der Waals surface area contributed by atoms with E-state index in [1.54, 1.807) is 36.4 Å². The largest absolute Gasteiger partial charge is 0.494 e. The Labute approximate surface area is 186 Å². The fraction of sp³-hybridized carbons (Fsp3) is 0.0400. The first-order valence-electron chi connectivity index (χ1n) is 10.0. The molecule has 0 bridgehead atoms. The zero-order chi connectivity index (χ0) is 23.1. The fourth-order valence-electron chi connectivity index (χ4n) is 3.95. The van der Waals surface area contributed by atoms with Gasteiger partial charge in [-0.3, -0.25) is 9.78 Å². The summed E-state index contributed by atoms with van der Waals surface area (Å²) in [6, 6.07) is 19.7.